The highest BCUT2D eigenvalue weighted by atomic mass is 16.7. The standard InChI is InChI=1S/C10H13N5O4/c1-6(16)18-3-4-19-15-5-12-7-8(15)13-10(11-2)14-9(7)17/h5H,3-4H2,1-2H3,(H2,11,13,14,17). The number of carbonyl (C=O) groups excluding carboxylic acids is 1. The number of H-pyrrole nitrogens is 1. The summed E-state index contributed by atoms with van der Waals surface area (Å²) in [5, 5.41) is 2.73. The van der Waals surface area contributed by atoms with E-state index in [9.17, 15) is 9.59 Å². The fourth-order valence-corrected chi connectivity index (χ4v) is 1.42. The highest BCUT2D eigenvalue weighted by Crippen LogP contribution is 2.05. The maximum absolute atomic E-state index is 11.7. The molecule has 0 amide bonds. The fourth-order valence-electron chi connectivity index (χ4n) is 1.42. The third-order valence-electron chi connectivity index (χ3n) is 2.23. The van der Waals surface area contributed by atoms with Gasteiger partial charge in [0.25, 0.3) is 5.56 Å². The molecule has 2 N–H and O–H groups in total. The molecule has 2 aromatic heterocycles. The Kier molecular flexibility index (Phi) is 3.64. The first-order chi connectivity index (χ1) is 9.11. The minimum Gasteiger partial charge on any atom is -0.462 e. The molecular formula is C10H13N5O4. The predicted molar refractivity (Wildman–Crippen MR) is 65.8 cm³/mol. The van der Waals surface area contributed by atoms with Crippen LogP contribution in [0, 0.1) is 0 Å². The number of hydrogen-bond acceptors (Lipinski definition) is 7. The molecule has 0 spiro atoms. The Morgan fingerprint density at radius 3 is 3.00 bits per heavy atom. The van der Waals surface area contributed by atoms with Gasteiger partial charge in [-0.25, -0.2) is 4.98 Å². The summed E-state index contributed by atoms with van der Waals surface area (Å²) in [7, 11) is 1.63. The summed E-state index contributed by atoms with van der Waals surface area (Å²) in [6.45, 7) is 1.55. The summed E-state index contributed by atoms with van der Waals surface area (Å²) in [6.07, 6.45) is 1.33. The first-order valence-corrected chi connectivity index (χ1v) is 5.53. The third kappa shape index (κ3) is 2.81. The number of esters is 1. The summed E-state index contributed by atoms with van der Waals surface area (Å²) in [5.74, 6) is -0.0750. The van der Waals surface area contributed by atoms with Gasteiger partial charge in [0, 0.05) is 14.0 Å². The van der Waals surface area contributed by atoms with Crippen molar-refractivity contribution in [2.24, 2.45) is 0 Å². The zero-order valence-electron chi connectivity index (χ0n) is 10.5. The Bertz CT molecular complexity index is 647. The summed E-state index contributed by atoms with van der Waals surface area (Å²) < 4.78 is 5.98. The lowest BCUT2D eigenvalue weighted by molar-refractivity contribution is -0.142. The second kappa shape index (κ2) is 5.38. The number of nitrogens with one attached hydrogen (secondary N) is 2. The van der Waals surface area contributed by atoms with Crippen LogP contribution >= 0.6 is 0 Å². The monoisotopic (exact) mass is 267 g/mol. The summed E-state index contributed by atoms with van der Waals surface area (Å²) in [5.41, 5.74) is 0.0964. The average Bonchev–Trinajstić information content (AvgIpc) is 2.78. The van der Waals surface area contributed by atoms with Crippen LogP contribution in [-0.4, -0.2) is 45.9 Å². The van der Waals surface area contributed by atoms with E-state index in [1.807, 2.05) is 0 Å². The molecule has 0 aliphatic rings. The van der Waals surface area contributed by atoms with Crippen molar-refractivity contribution in [2.75, 3.05) is 25.6 Å². The number of hydrogen-bond donors (Lipinski definition) is 2. The van der Waals surface area contributed by atoms with Gasteiger partial charge in [-0.15, -0.1) is 0 Å². The van der Waals surface area contributed by atoms with Crippen LogP contribution in [-0.2, 0) is 9.53 Å². The second-order valence-corrected chi connectivity index (χ2v) is 3.58. The first-order valence-electron chi connectivity index (χ1n) is 5.53. The van der Waals surface area contributed by atoms with Crippen molar-refractivity contribution in [3.63, 3.8) is 0 Å². The average molecular weight is 267 g/mol. The Hall–Kier alpha value is -2.58. The van der Waals surface area contributed by atoms with Gasteiger partial charge >= 0.3 is 5.97 Å². The van der Waals surface area contributed by atoms with Gasteiger partial charge in [0.1, 0.15) is 19.5 Å². The lowest BCUT2D eigenvalue weighted by atomic mass is 10.5. The molecule has 0 unspecified atom stereocenters. The van der Waals surface area contributed by atoms with Crippen molar-refractivity contribution in [3.8, 4) is 0 Å². The molecule has 2 rings (SSSR count). The largest absolute Gasteiger partial charge is 0.462 e. The van der Waals surface area contributed by atoms with Crippen LogP contribution < -0.4 is 15.7 Å². The van der Waals surface area contributed by atoms with E-state index in [4.69, 9.17) is 9.57 Å². The second-order valence-electron chi connectivity index (χ2n) is 3.58. The molecule has 0 aliphatic carbocycles. The molecule has 9 heteroatoms. The number of anilines is 1. The van der Waals surface area contributed by atoms with Crippen LogP contribution in [0.5, 0.6) is 0 Å². The van der Waals surface area contributed by atoms with Crippen molar-refractivity contribution < 1.29 is 14.4 Å². The van der Waals surface area contributed by atoms with Crippen LogP contribution in [0.15, 0.2) is 11.1 Å². The SMILES string of the molecule is CNc1nc2c(ncn2OCCOC(C)=O)c(=O)[nH]1. The van der Waals surface area contributed by atoms with Crippen molar-refractivity contribution >= 4 is 23.1 Å². The molecule has 0 radical (unpaired) electrons. The number of nitrogens with zero attached hydrogens (tertiary/aromatic N) is 3. The van der Waals surface area contributed by atoms with Gasteiger partial charge in [-0.1, -0.05) is 0 Å². The third-order valence-corrected chi connectivity index (χ3v) is 2.23. The Morgan fingerprint density at radius 2 is 2.32 bits per heavy atom. The van der Waals surface area contributed by atoms with Gasteiger partial charge in [0.2, 0.25) is 11.6 Å². The molecule has 0 bridgehead atoms. The minimum atomic E-state index is -0.383. The number of aromatic amines is 1. The number of carbonyl (C=O) groups is 1. The fraction of sp³-hybridized carbons (Fsp3) is 0.400. The van der Waals surface area contributed by atoms with Gasteiger partial charge in [-0.2, -0.15) is 9.71 Å². The quantitative estimate of drug-likeness (QED) is 0.536. The van der Waals surface area contributed by atoms with Gasteiger partial charge in [-0.05, 0) is 0 Å². The first kappa shape index (κ1) is 12.9. The van der Waals surface area contributed by atoms with Gasteiger partial charge in [0.05, 0.1) is 0 Å². The molecule has 102 valence electrons. The molecule has 19 heavy (non-hydrogen) atoms. The van der Waals surface area contributed by atoms with Crippen LogP contribution in [0.25, 0.3) is 11.2 Å². The zero-order valence-corrected chi connectivity index (χ0v) is 10.5. The predicted octanol–water partition coefficient (Wildman–Crippen LogP) is -0.847. The van der Waals surface area contributed by atoms with Crippen LogP contribution in [0.1, 0.15) is 6.92 Å². The number of imidazole rings is 1. The van der Waals surface area contributed by atoms with E-state index in [1.165, 1.54) is 18.0 Å². The van der Waals surface area contributed by atoms with E-state index in [-0.39, 0.29) is 35.9 Å². The van der Waals surface area contributed by atoms with Crippen LogP contribution in [0.4, 0.5) is 5.95 Å². The number of ether oxygens (including phenoxy) is 1. The molecule has 0 saturated carbocycles. The summed E-state index contributed by atoms with van der Waals surface area (Å²) in [6, 6.07) is 0. The van der Waals surface area contributed by atoms with Crippen molar-refractivity contribution in [3.05, 3.63) is 16.7 Å². The zero-order chi connectivity index (χ0) is 13.8. The molecule has 2 aromatic rings. The van der Waals surface area contributed by atoms with Crippen LogP contribution in [0.3, 0.4) is 0 Å². The lowest BCUT2D eigenvalue weighted by Crippen LogP contribution is -2.19. The van der Waals surface area contributed by atoms with Gasteiger partial charge < -0.3 is 14.9 Å². The van der Waals surface area contributed by atoms with Crippen molar-refractivity contribution in [2.45, 2.75) is 6.92 Å². The number of fused-ring (bicyclic) bond motifs is 1. The molecule has 0 aliphatic heterocycles. The summed E-state index contributed by atoms with van der Waals surface area (Å²) >= 11 is 0. The summed E-state index contributed by atoms with van der Waals surface area (Å²) in [4.78, 5) is 38.1. The molecule has 0 fully saturated rings. The van der Waals surface area contributed by atoms with E-state index in [1.54, 1.807) is 7.05 Å². The maximum Gasteiger partial charge on any atom is 0.302 e. The molecule has 0 atom stereocenters. The minimum absolute atomic E-state index is 0.108. The van der Waals surface area contributed by atoms with Crippen molar-refractivity contribution in [1.29, 1.82) is 0 Å². The Balaban J connectivity index is 2.17. The smallest absolute Gasteiger partial charge is 0.302 e. The van der Waals surface area contributed by atoms with Gasteiger partial charge in [0.15, 0.2) is 5.52 Å². The Labute approximate surface area is 107 Å². The van der Waals surface area contributed by atoms with E-state index in [0.717, 1.165) is 0 Å². The van der Waals surface area contributed by atoms with E-state index < -0.39 is 0 Å². The lowest BCUT2D eigenvalue weighted by Gasteiger charge is -2.07. The van der Waals surface area contributed by atoms with Gasteiger partial charge in [-0.3, -0.25) is 14.6 Å². The highest BCUT2D eigenvalue weighted by Gasteiger charge is 2.10. The van der Waals surface area contributed by atoms with E-state index in [0.29, 0.717) is 5.95 Å². The maximum atomic E-state index is 11.7. The van der Waals surface area contributed by atoms with E-state index >= 15 is 0 Å². The molecule has 0 aromatic carbocycles. The molecule has 9 nitrogen and oxygen atoms in total. The van der Waals surface area contributed by atoms with Crippen LogP contribution in [0.2, 0.25) is 0 Å². The van der Waals surface area contributed by atoms with Crippen molar-refractivity contribution in [1.82, 2.24) is 19.7 Å². The number of aromatic nitrogens is 4. The van der Waals surface area contributed by atoms with E-state index in [2.05, 4.69) is 20.3 Å². The normalized spacial score (nSPS) is 10.4. The molecular weight excluding hydrogens is 254 g/mol. The topological polar surface area (TPSA) is 111 Å². The number of rotatable bonds is 5. The Morgan fingerprint density at radius 1 is 1.53 bits per heavy atom. The highest BCUT2D eigenvalue weighted by molar-refractivity contribution is 5.70. The molecule has 0 saturated heterocycles. The molecule has 2 heterocycles.